The SMILES string of the molecule is CCC1CCC(c2ccc(C3=Cc4ccc(C#N)c(F)c4CC3)c(F)c2)CC1. The first-order valence-electron chi connectivity index (χ1n) is 10.3. The minimum Gasteiger partial charge on any atom is -0.206 e. The Bertz CT molecular complexity index is 959. The predicted octanol–water partition coefficient (Wildman–Crippen LogP) is 7.01. The summed E-state index contributed by atoms with van der Waals surface area (Å²) in [6.45, 7) is 2.25. The molecule has 2 aliphatic carbocycles. The molecule has 4 rings (SSSR count). The lowest BCUT2D eigenvalue weighted by Gasteiger charge is -2.28. The van der Waals surface area contributed by atoms with Gasteiger partial charge in [-0.2, -0.15) is 5.26 Å². The van der Waals surface area contributed by atoms with Crippen LogP contribution in [-0.4, -0.2) is 0 Å². The zero-order valence-corrected chi connectivity index (χ0v) is 16.3. The van der Waals surface area contributed by atoms with Crippen LogP contribution in [0.2, 0.25) is 0 Å². The first-order valence-corrected chi connectivity index (χ1v) is 10.3. The molecule has 2 aromatic rings. The Morgan fingerprint density at radius 2 is 1.82 bits per heavy atom. The molecule has 0 bridgehead atoms. The van der Waals surface area contributed by atoms with Crippen LogP contribution in [-0.2, 0) is 6.42 Å². The fourth-order valence-corrected chi connectivity index (χ4v) is 4.79. The van der Waals surface area contributed by atoms with Crippen molar-refractivity contribution in [2.24, 2.45) is 5.92 Å². The number of halogens is 2. The normalized spacial score (nSPS) is 21.6. The van der Waals surface area contributed by atoms with Crippen molar-refractivity contribution < 1.29 is 8.78 Å². The molecule has 3 heteroatoms. The Balaban J connectivity index is 1.59. The van der Waals surface area contributed by atoms with Gasteiger partial charge in [0.15, 0.2) is 0 Å². The molecule has 28 heavy (non-hydrogen) atoms. The second-order valence-electron chi connectivity index (χ2n) is 8.14. The van der Waals surface area contributed by atoms with Crippen molar-refractivity contribution in [1.82, 2.24) is 0 Å². The van der Waals surface area contributed by atoms with E-state index in [1.807, 2.05) is 18.2 Å². The first-order chi connectivity index (χ1) is 13.6. The molecule has 0 unspecified atom stereocenters. The molecule has 1 nitrogen and oxygen atoms in total. The Morgan fingerprint density at radius 3 is 2.50 bits per heavy atom. The van der Waals surface area contributed by atoms with Crippen LogP contribution in [0.4, 0.5) is 8.78 Å². The van der Waals surface area contributed by atoms with Crippen molar-refractivity contribution >= 4 is 11.6 Å². The Morgan fingerprint density at radius 1 is 1.04 bits per heavy atom. The summed E-state index contributed by atoms with van der Waals surface area (Å²) in [6, 6.07) is 10.8. The van der Waals surface area contributed by atoms with Crippen LogP contribution in [0.1, 0.15) is 79.2 Å². The van der Waals surface area contributed by atoms with E-state index in [-0.39, 0.29) is 11.4 Å². The minimum absolute atomic E-state index is 0.0731. The number of fused-ring (bicyclic) bond motifs is 1. The van der Waals surface area contributed by atoms with Crippen molar-refractivity contribution in [2.45, 2.75) is 57.8 Å². The molecule has 0 radical (unpaired) electrons. The third-order valence-corrected chi connectivity index (χ3v) is 6.61. The average Bonchev–Trinajstić information content (AvgIpc) is 2.74. The number of nitrogens with zero attached hydrogens (tertiary/aromatic N) is 1. The van der Waals surface area contributed by atoms with Gasteiger partial charge in [-0.15, -0.1) is 0 Å². The van der Waals surface area contributed by atoms with Gasteiger partial charge in [-0.25, -0.2) is 8.78 Å². The fourth-order valence-electron chi connectivity index (χ4n) is 4.79. The van der Waals surface area contributed by atoms with E-state index in [1.54, 1.807) is 12.1 Å². The molecule has 0 aromatic heterocycles. The van der Waals surface area contributed by atoms with Gasteiger partial charge in [-0.1, -0.05) is 37.6 Å². The highest BCUT2D eigenvalue weighted by molar-refractivity contribution is 5.85. The van der Waals surface area contributed by atoms with E-state index >= 15 is 0 Å². The van der Waals surface area contributed by atoms with Crippen LogP contribution in [0, 0.1) is 28.9 Å². The summed E-state index contributed by atoms with van der Waals surface area (Å²) in [4.78, 5) is 0. The van der Waals surface area contributed by atoms with E-state index in [0.717, 1.165) is 35.5 Å². The maximum absolute atomic E-state index is 14.9. The lowest BCUT2D eigenvalue weighted by atomic mass is 9.77. The van der Waals surface area contributed by atoms with Crippen LogP contribution < -0.4 is 0 Å². The molecular weight excluding hydrogens is 352 g/mol. The van der Waals surface area contributed by atoms with E-state index in [1.165, 1.54) is 25.3 Å². The Labute approximate surface area is 165 Å². The lowest BCUT2D eigenvalue weighted by Crippen LogP contribution is -2.13. The van der Waals surface area contributed by atoms with Gasteiger partial charge in [0.1, 0.15) is 17.7 Å². The zero-order chi connectivity index (χ0) is 19.7. The van der Waals surface area contributed by atoms with Crippen molar-refractivity contribution in [1.29, 1.82) is 5.26 Å². The minimum atomic E-state index is -0.436. The van der Waals surface area contributed by atoms with Crippen LogP contribution in [0.25, 0.3) is 11.6 Å². The molecule has 1 fully saturated rings. The van der Waals surface area contributed by atoms with E-state index in [4.69, 9.17) is 5.26 Å². The van der Waals surface area contributed by atoms with Crippen molar-refractivity contribution in [3.63, 3.8) is 0 Å². The van der Waals surface area contributed by atoms with Crippen molar-refractivity contribution in [3.8, 4) is 6.07 Å². The molecule has 2 aromatic carbocycles. The summed E-state index contributed by atoms with van der Waals surface area (Å²) in [5, 5.41) is 8.99. The maximum atomic E-state index is 14.9. The number of benzene rings is 2. The monoisotopic (exact) mass is 377 g/mol. The second-order valence-corrected chi connectivity index (χ2v) is 8.14. The van der Waals surface area contributed by atoms with E-state index in [9.17, 15) is 8.78 Å². The number of rotatable bonds is 3. The summed E-state index contributed by atoms with van der Waals surface area (Å²) in [5.74, 6) is 0.674. The third kappa shape index (κ3) is 3.49. The maximum Gasteiger partial charge on any atom is 0.144 e. The van der Waals surface area contributed by atoms with Gasteiger partial charge in [0.25, 0.3) is 0 Å². The summed E-state index contributed by atoms with van der Waals surface area (Å²) in [5.41, 5.74) is 4.00. The highest BCUT2D eigenvalue weighted by atomic mass is 19.1. The summed E-state index contributed by atoms with van der Waals surface area (Å²) < 4.78 is 29.3. The molecule has 2 aliphatic rings. The van der Waals surface area contributed by atoms with Crippen LogP contribution in [0.3, 0.4) is 0 Å². The van der Waals surface area contributed by atoms with Gasteiger partial charge in [-0.05, 0) is 84.8 Å². The van der Waals surface area contributed by atoms with E-state index < -0.39 is 5.82 Å². The van der Waals surface area contributed by atoms with Crippen molar-refractivity contribution in [2.75, 3.05) is 0 Å². The number of nitriles is 1. The van der Waals surface area contributed by atoms with Crippen LogP contribution in [0.15, 0.2) is 30.3 Å². The fraction of sp³-hybridized carbons (Fsp3) is 0.400. The van der Waals surface area contributed by atoms with Gasteiger partial charge in [0, 0.05) is 5.56 Å². The van der Waals surface area contributed by atoms with Crippen LogP contribution >= 0.6 is 0 Å². The molecule has 1 saturated carbocycles. The Hall–Kier alpha value is -2.47. The molecular formula is C25H25F2N. The summed E-state index contributed by atoms with van der Waals surface area (Å²) in [6.07, 6.45) is 8.95. The van der Waals surface area contributed by atoms with Gasteiger partial charge in [-0.3, -0.25) is 0 Å². The predicted molar refractivity (Wildman–Crippen MR) is 109 cm³/mol. The molecule has 0 spiro atoms. The zero-order valence-electron chi connectivity index (χ0n) is 16.3. The van der Waals surface area contributed by atoms with E-state index in [0.29, 0.717) is 29.9 Å². The quantitative estimate of drug-likeness (QED) is 0.564. The molecule has 0 aliphatic heterocycles. The largest absolute Gasteiger partial charge is 0.206 e. The highest BCUT2D eigenvalue weighted by Crippen LogP contribution is 2.39. The van der Waals surface area contributed by atoms with Gasteiger partial charge in [0.2, 0.25) is 0 Å². The molecule has 144 valence electrons. The smallest absolute Gasteiger partial charge is 0.144 e. The molecule has 0 heterocycles. The summed E-state index contributed by atoms with van der Waals surface area (Å²) in [7, 11) is 0. The summed E-state index contributed by atoms with van der Waals surface area (Å²) >= 11 is 0. The lowest BCUT2D eigenvalue weighted by molar-refractivity contribution is 0.318. The molecule has 0 N–H and O–H groups in total. The van der Waals surface area contributed by atoms with Gasteiger partial charge >= 0.3 is 0 Å². The third-order valence-electron chi connectivity index (χ3n) is 6.61. The van der Waals surface area contributed by atoms with E-state index in [2.05, 4.69) is 13.0 Å². The number of allylic oxidation sites excluding steroid dienone is 1. The highest BCUT2D eigenvalue weighted by Gasteiger charge is 2.23. The average molecular weight is 377 g/mol. The van der Waals surface area contributed by atoms with Gasteiger partial charge in [0.05, 0.1) is 5.56 Å². The van der Waals surface area contributed by atoms with Crippen molar-refractivity contribution in [3.05, 3.63) is 69.8 Å². The second kappa shape index (κ2) is 7.87. The molecule has 0 saturated heterocycles. The first kappa shape index (κ1) is 18.9. The number of hydrogen-bond donors (Lipinski definition) is 0. The van der Waals surface area contributed by atoms with Gasteiger partial charge < -0.3 is 0 Å². The molecule has 0 amide bonds. The molecule has 0 atom stereocenters. The topological polar surface area (TPSA) is 23.8 Å². The number of hydrogen-bond acceptors (Lipinski definition) is 1. The Kier molecular flexibility index (Phi) is 5.31. The standard InChI is InChI=1S/C25H25F2N/c1-2-16-3-5-17(6-4-16)18-9-11-22(24(26)14-18)19-10-12-23-20(13-19)7-8-21(15-28)25(23)27/h7-9,11,13-14,16-17H,2-6,10,12H2,1H3. The van der Waals surface area contributed by atoms with Crippen LogP contribution in [0.5, 0.6) is 0 Å².